The predicted molar refractivity (Wildman–Crippen MR) is 130 cm³/mol. The van der Waals surface area contributed by atoms with Gasteiger partial charge in [0.1, 0.15) is 6.10 Å². The van der Waals surface area contributed by atoms with E-state index in [-0.39, 0.29) is 4.90 Å². The SMILES string of the molecule is C=C(C#CC(O)c1ccccc1)CCCN(c1ccccc1)S(=O)(=O)c1ccc(C)cc1. The Kier molecular flexibility index (Phi) is 7.88. The zero-order chi connectivity index (χ0) is 23.0. The average Bonchev–Trinajstić information content (AvgIpc) is 2.81. The van der Waals surface area contributed by atoms with Gasteiger partial charge in [-0.1, -0.05) is 84.6 Å². The molecule has 1 unspecified atom stereocenters. The molecule has 0 saturated carbocycles. The lowest BCUT2D eigenvalue weighted by atomic mass is 10.1. The van der Waals surface area contributed by atoms with Crippen LogP contribution in [-0.2, 0) is 10.0 Å². The topological polar surface area (TPSA) is 57.6 Å². The molecule has 0 heterocycles. The summed E-state index contributed by atoms with van der Waals surface area (Å²) in [5.74, 6) is 5.71. The predicted octanol–water partition coefficient (Wildman–Crippen LogP) is 5.26. The molecule has 0 aromatic heterocycles. The molecule has 0 amide bonds. The Morgan fingerprint density at radius 2 is 1.56 bits per heavy atom. The van der Waals surface area contributed by atoms with Crippen LogP contribution in [0, 0.1) is 18.8 Å². The number of hydrogen-bond donors (Lipinski definition) is 1. The summed E-state index contributed by atoms with van der Waals surface area (Å²) in [7, 11) is -3.70. The summed E-state index contributed by atoms with van der Waals surface area (Å²) < 4.78 is 28.1. The van der Waals surface area contributed by atoms with E-state index in [1.807, 2.05) is 55.5 Å². The Hall–Kier alpha value is -3.33. The van der Waals surface area contributed by atoms with Crippen molar-refractivity contribution in [2.45, 2.75) is 30.8 Å². The molecular weight excluding hydrogens is 418 g/mol. The van der Waals surface area contributed by atoms with Gasteiger partial charge in [0.2, 0.25) is 0 Å². The van der Waals surface area contributed by atoms with E-state index in [1.165, 1.54) is 4.31 Å². The molecule has 164 valence electrons. The molecule has 32 heavy (non-hydrogen) atoms. The number of aliphatic hydroxyl groups excluding tert-OH is 1. The highest BCUT2D eigenvalue weighted by Crippen LogP contribution is 2.24. The van der Waals surface area contributed by atoms with Crippen molar-refractivity contribution in [1.29, 1.82) is 0 Å². The lowest BCUT2D eigenvalue weighted by Crippen LogP contribution is -2.32. The van der Waals surface area contributed by atoms with Crippen LogP contribution in [0.15, 0.2) is 102 Å². The number of allylic oxidation sites excluding steroid dienone is 1. The Morgan fingerprint density at radius 1 is 0.969 bits per heavy atom. The first-order valence-electron chi connectivity index (χ1n) is 10.4. The molecule has 0 radical (unpaired) electrons. The molecule has 1 N–H and O–H groups in total. The molecular formula is C27H27NO3S. The van der Waals surface area contributed by atoms with Gasteiger partial charge in [0.25, 0.3) is 10.0 Å². The number of para-hydroxylation sites is 1. The van der Waals surface area contributed by atoms with Gasteiger partial charge in [0.15, 0.2) is 0 Å². The zero-order valence-corrected chi connectivity index (χ0v) is 18.9. The van der Waals surface area contributed by atoms with Gasteiger partial charge in [-0.15, -0.1) is 0 Å². The summed E-state index contributed by atoms with van der Waals surface area (Å²) in [6.45, 7) is 6.18. The van der Waals surface area contributed by atoms with Gasteiger partial charge in [-0.05, 0) is 55.2 Å². The molecule has 3 rings (SSSR count). The first-order valence-corrected chi connectivity index (χ1v) is 11.9. The molecule has 0 bridgehead atoms. The number of rotatable bonds is 8. The number of anilines is 1. The van der Waals surface area contributed by atoms with E-state index in [1.54, 1.807) is 36.4 Å². The standard InChI is InChI=1S/C27H27NO3S/c1-22(17-20-27(29)24-11-5-3-6-12-24)10-9-21-28(25-13-7-4-8-14-25)32(30,31)26-18-15-23(2)16-19-26/h3-8,11-16,18-19,27,29H,1,9-10,21H2,2H3. The van der Waals surface area contributed by atoms with Crippen LogP contribution in [0.4, 0.5) is 5.69 Å². The Labute approximate surface area is 190 Å². The van der Waals surface area contributed by atoms with Gasteiger partial charge in [-0.3, -0.25) is 4.31 Å². The normalized spacial score (nSPS) is 11.8. The molecule has 3 aromatic rings. The Bertz CT molecular complexity index is 1190. The van der Waals surface area contributed by atoms with Crippen LogP contribution in [0.25, 0.3) is 0 Å². The van der Waals surface area contributed by atoms with Crippen molar-refractivity contribution in [2.75, 3.05) is 10.8 Å². The monoisotopic (exact) mass is 445 g/mol. The van der Waals surface area contributed by atoms with Crippen LogP contribution in [0.2, 0.25) is 0 Å². The molecule has 3 aromatic carbocycles. The van der Waals surface area contributed by atoms with Gasteiger partial charge in [0, 0.05) is 6.54 Å². The molecule has 0 spiro atoms. The second-order valence-electron chi connectivity index (χ2n) is 7.52. The molecule has 5 heteroatoms. The van der Waals surface area contributed by atoms with Crippen molar-refractivity contribution < 1.29 is 13.5 Å². The van der Waals surface area contributed by atoms with Gasteiger partial charge in [-0.25, -0.2) is 8.42 Å². The molecule has 0 aliphatic carbocycles. The quantitative estimate of drug-likeness (QED) is 0.481. The van der Waals surface area contributed by atoms with Crippen LogP contribution in [-0.4, -0.2) is 20.1 Å². The van der Waals surface area contributed by atoms with E-state index >= 15 is 0 Å². The van der Waals surface area contributed by atoms with Crippen molar-refractivity contribution in [3.8, 4) is 11.8 Å². The maximum atomic E-state index is 13.3. The van der Waals surface area contributed by atoms with Crippen molar-refractivity contribution >= 4 is 15.7 Å². The Balaban J connectivity index is 1.70. The van der Waals surface area contributed by atoms with Crippen LogP contribution in [0.5, 0.6) is 0 Å². The summed E-state index contributed by atoms with van der Waals surface area (Å²) >= 11 is 0. The number of nitrogens with zero attached hydrogens (tertiary/aromatic N) is 1. The number of aryl methyl sites for hydroxylation is 1. The summed E-state index contributed by atoms with van der Waals surface area (Å²) in [4.78, 5) is 0.261. The van der Waals surface area contributed by atoms with Gasteiger partial charge in [0.05, 0.1) is 10.6 Å². The van der Waals surface area contributed by atoms with Crippen LogP contribution in [0.3, 0.4) is 0 Å². The van der Waals surface area contributed by atoms with E-state index in [4.69, 9.17) is 0 Å². The molecule has 4 nitrogen and oxygen atoms in total. The fourth-order valence-electron chi connectivity index (χ4n) is 3.21. The van der Waals surface area contributed by atoms with E-state index in [0.29, 0.717) is 30.6 Å². The maximum Gasteiger partial charge on any atom is 0.264 e. The average molecular weight is 446 g/mol. The molecule has 0 fully saturated rings. The van der Waals surface area contributed by atoms with E-state index in [0.717, 1.165) is 11.1 Å². The fraction of sp³-hybridized carbons (Fsp3) is 0.185. The fourth-order valence-corrected chi connectivity index (χ4v) is 4.71. The second kappa shape index (κ2) is 10.8. The van der Waals surface area contributed by atoms with Crippen molar-refractivity contribution in [1.82, 2.24) is 0 Å². The first kappa shape index (κ1) is 23.3. The highest BCUT2D eigenvalue weighted by Gasteiger charge is 2.24. The maximum absolute atomic E-state index is 13.3. The smallest absolute Gasteiger partial charge is 0.264 e. The molecule has 0 aliphatic rings. The minimum absolute atomic E-state index is 0.261. The minimum atomic E-state index is -3.70. The van der Waals surface area contributed by atoms with E-state index in [9.17, 15) is 13.5 Å². The van der Waals surface area contributed by atoms with E-state index in [2.05, 4.69) is 18.4 Å². The first-order chi connectivity index (χ1) is 15.4. The summed E-state index contributed by atoms with van der Waals surface area (Å²) in [6, 6.07) is 25.2. The number of sulfonamides is 1. The largest absolute Gasteiger partial charge is 0.376 e. The molecule has 0 saturated heterocycles. The van der Waals surface area contributed by atoms with Crippen molar-refractivity contribution in [3.63, 3.8) is 0 Å². The third kappa shape index (κ3) is 6.10. The van der Waals surface area contributed by atoms with Crippen LogP contribution in [0.1, 0.15) is 30.1 Å². The number of benzene rings is 3. The van der Waals surface area contributed by atoms with Crippen molar-refractivity contribution in [3.05, 3.63) is 108 Å². The molecule has 0 aliphatic heterocycles. The lowest BCUT2D eigenvalue weighted by Gasteiger charge is -2.24. The summed E-state index contributed by atoms with van der Waals surface area (Å²) in [5.41, 5.74) is 3.00. The lowest BCUT2D eigenvalue weighted by molar-refractivity contribution is 0.238. The highest BCUT2D eigenvalue weighted by molar-refractivity contribution is 7.92. The third-order valence-corrected chi connectivity index (χ3v) is 6.84. The minimum Gasteiger partial charge on any atom is -0.376 e. The number of hydrogen-bond acceptors (Lipinski definition) is 3. The highest BCUT2D eigenvalue weighted by atomic mass is 32.2. The second-order valence-corrected chi connectivity index (χ2v) is 9.38. The number of aliphatic hydroxyl groups is 1. The summed E-state index contributed by atoms with van der Waals surface area (Å²) in [6.07, 6.45) is 0.201. The Morgan fingerprint density at radius 3 is 2.19 bits per heavy atom. The van der Waals surface area contributed by atoms with Gasteiger partial charge in [-0.2, -0.15) is 0 Å². The summed E-state index contributed by atoms with van der Waals surface area (Å²) in [5, 5.41) is 10.2. The third-order valence-electron chi connectivity index (χ3n) is 4.99. The zero-order valence-electron chi connectivity index (χ0n) is 18.1. The van der Waals surface area contributed by atoms with Crippen LogP contribution < -0.4 is 4.31 Å². The molecule has 1 atom stereocenters. The van der Waals surface area contributed by atoms with Gasteiger partial charge >= 0.3 is 0 Å². The van der Waals surface area contributed by atoms with Crippen molar-refractivity contribution in [2.24, 2.45) is 0 Å². The van der Waals surface area contributed by atoms with E-state index < -0.39 is 16.1 Å². The van der Waals surface area contributed by atoms with Crippen LogP contribution >= 0.6 is 0 Å². The van der Waals surface area contributed by atoms with Gasteiger partial charge < -0.3 is 5.11 Å².